The number of methoxy groups -OCH3 is 2. The number of carbonyl (C=O) groups excluding carboxylic acids is 1. The van der Waals surface area contributed by atoms with Crippen LogP contribution in [0.2, 0.25) is 0 Å². The van der Waals surface area contributed by atoms with Gasteiger partial charge >= 0.3 is 5.97 Å². The summed E-state index contributed by atoms with van der Waals surface area (Å²) in [6.45, 7) is 8.01. The predicted octanol–water partition coefficient (Wildman–Crippen LogP) is 5.21. The molecule has 1 aliphatic carbocycles. The molecule has 0 spiro atoms. The minimum atomic E-state index is -0.466. The summed E-state index contributed by atoms with van der Waals surface area (Å²) >= 11 is 0. The van der Waals surface area contributed by atoms with Gasteiger partial charge in [-0.05, 0) is 55.4 Å². The Morgan fingerprint density at radius 1 is 0.971 bits per heavy atom. The van der Waals surface area contributed by atoms with E-state index in [0.29, 0.717) is 52.1 Å². The van der Waals surface area contributed by atoms with Gasteiger partial charge in [0.2, 0.25) is 25.1 Å². The normalized spacial score (nSPS) is 22.1. The van der Waals surface area contributed by atoms with E-state index in [4.69, 9.17) is 33.2 Å². The Bertz CT molecular complexity index is 1210. The first kappa shape index (κ1) is 23.4. The molecule has 5 rings (SSSR count). The maximum absolute atomic E-state index is 13.0. The predicted molar refractivity (Wildman–Crippen MR) is 128 cm³/mol. The third-order valence-electron chi connectivity index (χ3n) is 7.23. The van der Waals surface area contributed by atoms with Crippen molar-refractivity contribution in [1.82, 2.24) is 0 Å². The van der Waals surface area contributed by atoms with Crippen molar-refractivity contribution in [3.05, 3.63) is 34.9 Å². The maximum Gasteiger partial charge on any atom is 0.338 e. The molecule has 186 valence electrons. The van der Waals surface area contributed by atoms with E-state index in [1.54, 1.807) is 34.1 Å². The molecule has 0 saturated carbocycles. The Balaban J connectivity index is 1.88. The van der Waals surface area contributed by atoms with Crippen molar-refractivity contribution < 1.29 is 38.0 Å². The third-order valence-corrected chi connectivity index (χ3v) is 7.23. The highest BCUT2D eigenvalue weighted by Crippen LogP contribution is 2.59. The smallest absolute Gasteiger partial charge is 0.338 e. The van der Waals surface area contributed by atoms with Crippen molar-refractivity contribution in [2.75, 3.05) is 27.8 Å². The van der Waals surface area contributed by atoms with E-state index in [1.165, 1.54) is 0 Å². The summed E-state index contributed by atoms with van der Waals surface area (Å²) < 4.78 is 41.1. The average molecular weight is 483 g/mol. The van der Waals surface area contributed by atoms with E-state index in [0.717, 1.165) is 16.7 Å². The van der Waals surface area contributed by atoms with Crippen LogP contribution in [0.15, 0.2) is 23.8 Å². The Hall–Kier alpha value is -3.39. The zero-order chi connectivity index (χ0) is 24.9. The molecule has 0 radical (unpaired) electrons. The monoisotopic (exact) mass is 482 g/mol. The van der Waals surface area contributed by atoms with Gasteiger partial charge < -0.3 is 33.2 Å². The molecule has 2 heterocycles. The number of hydrogen-bond donors (Lipinski definition) is 0. The first-order chi connectivity index (χ1) is 16.9. The van der Waals surface area contributed by atoms with Crippen LogP contribution in [0.5, 0.6) is 34.5 Å². The lowest BCUT2D eigenvalue weighted by Crippen LogP contribution is -2.24. The fraction of sp³-hybridized carbons (Fsp3) is 0.444. The van der Waals surface area contributed by atoms with Crippen molar-refractivity contribution in [2.24, 2.45) is 11.8 Å². The standard InChI is InChI=1S/C27H30O8/c1-7-13(2)27(28)35-26-20-16(9-18-24(26)34-11-31-18)8-14(3)15(4)22(29-5)17-10-19-23(33-12-32-19)25(30-6)21(17)20/h7,9-10,14-15,22H,8,11-12H2,1-6H3/b13-7-/t14-,15-,22-/m1/s1. The molecule has 0 unspecified atom stereocenters. The molecule has 2 aromatic carbocycles. The fourth-order valence-electron chi connectivity index (χ4n) is 5.05. The van der Waals surface area contributed by atoms with E-state index in [1.807, 2.05) is 12.1 Å². The topological polar surface area (TPSA) is 81.7 Å². The zero-order valence-corrected chi connectivity index (χ0v) is 20.9. The van der Waals surface area contributed by atoms with Gasteiger partial charge in [0.05, 0.1) is 13.2 Å². The molecule has 0 aromatic heterocycles. The Labute approximate surface area is 204 Å². The van der Waals surface area contributed by atoms with Crippen molar-refractivity contribution in [1.29, 1.82) is 0 Å². The van der Waals surface area contributed by atoms with Crippen molar-refractivity contribution in [2.45, 2.75) is 40.2 Å². The highest BCUT2D eigenvalue weighted by Gasteiger charge is 2.39. The third kappa shape index (κ3) is 3.67. The second-order valence-electron chi connectivity index (χ2n) is 9.14. The summed E-state index contributed by atoms with van der Waals surface area (Å²) in [7, 11) is 3.29. The lowest BCUT2D eigenvalue weighted by molar-refractivity contribution is -0.130. The lowest BCUT2D eigenvalue weighted by Gasteiger charge is -2.34. The number of allylic oxidation sites excluding steroid dienone is 1. The van der Waals surface area contributed by atoms with Crippen molar-refractivity contribution in [3.63, 3.8) is 0 Å². The van der Waals surface area contributed by atoms with Gasteiger partial charge in [0, 0.05) is 23.8 Å². The highest BCUT2D eigenvalue weighted by molar-refractivity contribution is 5.94. The molecule has 8 nitrogen and oxygen atoms in total. The lowest BCUT2D eigenvalue weighted by atomic mass is 9.76. The number of hydrogen-bond acceptors (Lipinski definition) is 8. The number of ether oxygens (including phenoxy) is 7. The van der Waals surface area contributed by atoms with Crippen LogP contribution in [0.25, 0.3) is 11.1 Å². The molecule has 35 heavy (non-hydrogen) atoms. The number of benzene rings is 2. The molecule has 0 fully saturated rings. The molecule has 8 heteroatoms. The van der Waals surface area contributed by atoms with Crippen molar-refractivity contribution >= 4 is 5.97 Å². The van der Waals surface area contributed by atoms with E-state index in [9.17, 15) is 4.79 Å². The Morgan fingerprint density at radius 3 is 2.26 bits per heavy atom. The van der Waals surface area contributed by atoms with Gasteiger partial charge in [-0.1, -0.05) is 19.9 Å². The maximum atomic E-state index is 13.0. The van der Waals surface area contributed by atoms with Crippen LogP contribution >= 0.6 is 0 Å². The number of fused-ring (bicyclic) bond motifs is 5. The molecule has 3 atom stereocenters. The molecule has 2 aromatic rings. The Kier molecular flexibility index (Phi) is 6.01. The average Bonchev–Trinajstić information content (AvgIpc) is 3.52. The van der Waals surface area contributed by atoms with Crippen LogP contribution in [0.1, 0.15) is 44.9 Å². The summed E-state index contributed by atoms with van der Waals surface area (Å²) in [6, 6.07) is 3.92. The summed E-state index contributed by atoms with van der Waals surface area (Å²) in [5.41, 5.74) is 3.75. The van der Waals surface area contributed by atoms with Gasteiger partial charge in [-0.2, -0.15) is 0 Å². The molecule has 0 bridgehead atoms. The van der Waals surface area contributed by atoms with E-state index in [2.05, 4.69) is 13.8 Å². The molecule has 0 amide bonds. The summed E-state index contributed by atoms with van der Waals surface area (Å²) in [5, 5.41) is 0. The second kappa shape index (κ2) is 9.00. The highest BCUT2D eigenvalue weighted by atomic mass is 16.7. The molecule has 2 aliphatic heterocycles. The van der Waals surface area contributed by atoms with Gasteiger partial charge in [0.15, 0.2) is 23.0 Å². The van der Waals surface area contributed by atoms with E-state index in [-0.39, 0.29) is 31.5 Å². The SMILES string of the molecule is C/C=C(/C)C(=O)Oc1c2c(cc3c1-c1c(cc4c(c1OC)OCO4)[C@H](OC)[C@H](C)[C@H](C)C3)OCO2. The minimum Gasteiger partial charge on any atom is -0.492 e. The quantitative estimate of drug-likeness (QED) is 0.334. The summed E-state index contributed by atoms with van der Waals surface area (Å²) in [5.74, 6) is 2.78. The van der Waals surface area contributed by atoms with Gasteiger partial charge in [-0.3, -0.25) is 0 Å². The molecular weight excluding hydrogens is 452 g/mol. The fourth-order valence-corrected chi connectivity index (χ4v) is 5.05. The molecule has 3 aliphatic rings. The van der Waals surface area contributed by atoms with Gasteiger partial charge in [-0.25, -0.2) is 4.79 Å². The van der Waals surface area contributed by atoms with Crippen molar-refractivity contribution in [3.8, 4) is 45.6 Å². The van der Waals surface area contributed by atoms with Crippen LogP contribution in [0, 0.1) is 11.8 Å². The largest absolute Gasteiger partial charge is 0.492 e. The van der Waals surface area contributed by atoms with Gasteiger partial charge in [0.1, 0.15) is 0 Å². The summed E-state index contributed by atoms with van der Waals surface area (Å²) in [6.07, 6.45) is 2.16. The first-order valence-corrected chi connectivity index (χ1v) is 11.7. The minimum absolute atomic E-state index is 0.0448. The molecule has 0 N–H and O–H groups in total. The van der Waals surface area contributed by atoms with Crippen LogP contribution in [0.4, 0.5) is 0 Å². The van der Waals surface area contributed by atoms with E-state index < -0.39 is 5.97 Å². The van der Waals surface area contributed by atoms with Gasteiger partial charge in [-0.15, -0.1) is 0 Å². The number of carbonyl (C=O) groups is 1. The molecule has 0 saturated heterocycles. The zero-order valence-electron chi connectivity index (χ0n) is 20.9. The van der Waals surface area contributed by atoms with Crippen LogP contribution in [-0.2, 0) is 16.0 Å². The first-order valence-electron chi connectivity index (χ1n) is 11.7. The second-order valence-corrected chi connectivity index (χ2v) is 9.14. The summed E-state index contributed by atoms with van der Waals surface area (Å²) in [4.78, 5) is 13.0. The Morgan fingerprint density at radius 2 is 1.63 bits per heavy atom. The van der Waals surface area contributed by atoms with Crippen LogP contribution < -0.4 is 28.4 Å². The van der Waals surface area contributed by atoms with Crippen LogP contribution in [-0.4, -0.2) is 33.8 Å². The van der Waals surface area contributed by atoms with E-state index >= 15 is 0 Å². The van der Waals surface area contributed by atoms with Gasteiger partial charge in [0.25, 0.3) is 0 Å². The number of esters is 1. The van der Waals surface area contributed by atoms with Crippen LogP contribution in [0.3, 0.4) is 0 Å². The molecular formula is C27H30O8. The number of rotatable bonds is 4.